The molecular formula is C23H29N3O3. The Labute approximate surface area is 170 Å². The highest BCUT2D eigenvalue weighted by Crippen LogP contribution is 2.55. The molecule has 4 fully saturated rings. The van der Waals surface area contributed by atoms with Crippen LogP contribution < -0.4 is 5.32 Å². The van der Waals surface area contributed by atoms with E-state index >= 15 is 0 Å². The number of hydrogen-bond donors (Lipinski definition) is 2. The smallest absolute Gasteiger partial charge is 0.303 e. The highest BCUT2D eigenvalue weighted by Gasteiger charge is 2.51. The standard InChI is InChI=1S/C23H29N3O3/c27-20(28)7-3-4-8-26-19-6-2-1-5-18(19)21(25-26)22(29)24-23-12-15-9-16(13-23)11-17(10-15)14-23/h1-2,5-6,15-17H,3-4,7-14H2,(H,24,29)(H,27,28). The molecule has 154 valence electrons. The maximum Gasteiger partial charge on any atom is 0.303 e. The summed E-state index contributed by atoms with van der Waals surface area (Å²) in [5.74, 6) is 1.53. The van der Waals surface area contributed by atoms with Crippen molar-refractivity contribution in [3.05, 3.63) is 30.0 Å². The SMILES string of the molecule is O=C(O)CCCCn1nc(C(=O)NC23CC4CC(CC(C4)C2)C3)c2ccccc21. The van der Waals surface area contributed by atoms with Crippen molar-refractivity contribution in [1.82, 2.24) is 15.1 Å². The molecule has 1 amide bonds. The third kappa shape index (κ3) is 3.53. The average Bonchev–Trinajstić information content (AvgIpc) is 3.03. The van der Waals surface area contributed by atoms with E-state index in [9.17, 15) is 9.59 Å². The number of fused-ring (bicyclic) bond motifs is 1. The van der Waals surface area contributed by atoms with E-state index in [-0.39, 0.29) is 17.9 Å². The van der Waals surface area contributed by atoms with Crippen LogP contribution in [0.15, 0.2) is 24.3 Å². The number of carboxylic acid groups (broad SMARTS) is 1. The number of amides is 1. The van der Waals surface area contributed by atoms with Gasteiger partial charge in [0, 0.05) is 23.9 Å². The van der Waals surface area contributed by atoms with Crippen LogP contribution in [0.1, 0.15) is 68.3 Å². The molecule has 6 rings (SSSR count). The number of carboxylic acids is 1. The van der Waals surface area contributed by atoms with Gasteiger partial charge in [-0.2, -0.15) is 5.10 Å². The number of aliphatic carboxylic acids is 1. The van der Waals surface area contributed by atoms with Gasteiger partial charge in [-0.1, -0.05) is 18.2 Å². The molecule has 0 aliphatic heterocycles. The van der Waals surface area contributed by atoms with Crippen LogP contribution in [0.25, 0.3) is 10.9 Å². The predicted octanol–water partition coefficient (Wildman–Crippen LogP) is 3.99. The largest absolute Gasteiger partial charge is 0.481 e. The summed E-state index contributed by atoms with van der Waals surface area (Å²) in [4.78, 5) is 24.1. The maximum absolute atomic E-state index is 13.3. The van der Waals surface area contributed by atoms with E-state index in [1.54, 1.807) is 0 Å². The van der Waals surface area contributed by atoms with E-state index in [1.165, 1.54) is 19.3 Å². The van der Waals surface area contributed by atoms with Crippen LogP contribution in [0.2, 0.25) is 0 Å². The summed E-state index contributed by atoms with van der Waals surface area (Å²) in [7, 11) is 0. The molecular weight excluding hydrogens is 366 g/mol. The van der Waals surface area contributed by atoms with Crippen molar-refractivity contribution in [2.45, 2.75) is 69.9 Å². The van der Waals surface area contributed by atoms with Crippen LogP contribution >= 0.6 is 0 Å². The molecule has 0 saturated heterocycles. The highest BCUT2D eigenvalue weighted by molar-refractivity contribution is 6.05. The van der Waals surface area contributed by atoms with Crippen molar-refractivity contribution in [2.24, 2.45) is 17.8 Å². The molecule has 4 saturated carbocycles. The monoisotopic (exact) mass is 395 g/mol. The first-order chi connectivity index (χ1) is 14.0. The molecule has 1 heterocycles. The van der Waals surface area contributed by atoms with Crippen LogP contribution in [-0.2, 0) is 11.3 Å². The summed E-state index contributed by atoms with van der Waals surface area (Å²) < 4.78 is 1.87. The Morgan fingerprint density at radius 3 is 2.38 bits per heavy atom. The van der Waals surface area contributed by atoms with Crippen molar-refractivity contribution in [3.8, 4) is 0 Å². The summed E-state index contributed by atoms with van der Waals surface area (Å²) in [6.07, 6.45) is 8.93. The molecule has 2 aromatic rings. The van der Waals surface area contributed by atoms with Crippen LogP contribution in [-0.4, -0.2) is 32.3 Å². The predicted molar refractivity (Wildman–Crippen MR) is 110 cm³/mol. The molecule has 2 N–H and O–H groups in total. The molecule has 6 heteroatoms. The van der Waals surface area contributed by atoms with E-state index in [0.717, 1.165) is 54.3 Å². The molecule has 0 unspecified atom stereocenters. The van der Waals surface area contributed by atoms with Gasteiger partial charge >= 0.3 is 5.97 Å². The summed E-state index contributed by atoms with van der Waals surface area (Å²) in [5.41, 5.74) is 1.42. The van der Waals surface area contributed by atoms with E-state index < -0.39 is 5.97 Å². The topological polar surface area (TPSA) is 84.2 Å². The molecule has 0 atom stereocenters. The second-order valence-corrected chi connectivity index (χ2v) is 9.59. The number of hydrogen-bond acceptors (Lipinski definition) is 3. The number of carbonyl (C=O) groups excluding carboxylic acids is 1. The van der Waals surface area contributed by atoms with Crippen LogP contribution in [0.3, 0.4) is 0 Å². The van der Waals surface area contributed by atoms with Crippen LogP contribution in [0.5, 0.6) is 0 Å². The number of rotatable bonds is 7. The third-order valence-corrected chi connectivity index (χ3v) is 7.30. The molecule has 0 radical (unpaired) electrons. The van der Waals surface area contributed by atoms with Crippen molar-refractivity contribution >= 4 is 22.8 Å². The number of nitrogens with one attached hydrogen (secondary N) is 1. The van der Waals surface area contributed by atoms with E-state index in [1.807, 2.05) is 28.9 Å². The van der Waals surface area contributed by atoms with Gasteiger partial charge in [-0.25, -0.2) is 0 Å². The van der Waals surface area contributed by atoms with Crippen molar-refractivity contribution in [1.29, 1.82) is 0 Å². The molecule has 1 aromatic heterocycles. The lowest BCUT2D eigenvalue weighted by molar-refractivity contribution is -0.137. The van der Waals surface area contributed by atoms with E-state index in [0.29, 0.717) is 18.7 Å². The Hall–Kier alpha value is -2.37. The first kappa shape index (κ1) is 18.6. The molecule has 4 aliphatic rings. The molecule has 6 nitrogen and oxygen atoms in total. The Bertz CT molecular complexity index is 913. The third-order valence-electron chi connectivity index (χ3n) is 7.30. The zero-order chi connectivity index (χ0) is 20.0. The van der Waals surface area contributed by atoms with E-state index in [2.05, 4.69) is 10.4 Å². The summed E-state index contributed by atoms with van der Waals surface area (Å²) >= 11 is 0. The van der Waals surface area contributed by atoms with Crippen molar-refractivity contribution in [3.63, 3.8) is 0 Å². The van der Waals surface area contributed by atoms with Gasteiger partial charge in [0.05, 0.1) is 5.52 Å². The normalized spacial score (nSPS) is 30.0. The number of nitrogens with zero attached hydrogens (tertiary/aromatic N) is 2. The number of aryl methyl sites for hydroxylation is 1. The number of carbonyl (C=O) groups is 2. The first-order valence-electron chi connectivity index (χ1n) is 11.0. The number of unbranched alkanes of at least 4 members (excludes halogenated alkanes) is 1. The Balaban J connectivity index is 1.36. The summed E-state index contributed by atoms with van der Waals surface area (Å²) in [6.45, 7) is 0.623. The van der Waals surface area contributed by atoms with Gasteiger partial charge in [0.25, 0.3) is 5.91 Å². The van der Waals surface area contributed by atoms with Gasteiger partial charge < -0.3 is 10.4 Å². The molecule has 4 aliphatic carbocycles. The molecule has 1 aromatic carbocycles. The summed E-state index contributed by atoms with van der Waals surface area (Å²) in [6, 6.07) is 7.85. The first-order valence-corrected chi connectivity index (χ1v) is 11.0. The fraction of sp³-hybridized carbons (Fsp3) is 0.609. The minimum atomic E-state index is -0.772. The minimum absolute atomic E-state index is 0.0296. The second kappa shape index (κ2) is 7.15. The van der Waals surface area contributed by atoms with Crippen molar-refractivity contribution < 1.29 is 14.7 Å². The second-order valence-electron chi connectivity index (χ2n) is 9.59. The average molecular weight is 396 g/mol. The van der Waals surface area contributed by atoms with Gasteiger partial charge in [-0.3, -0.25) is 14.3 Å². The number of aromatic nitrogens is 2. The van der Waals surface area contributed by atoms with Crippen molar-refractivity contribution in [2.75, 3.05) is 0 Å². The quantitative estimate of drug-likeness (QED) is 0.694. The maximum atomic E-state index is 13.3. The van der Waals surface area contributed by atoms with Crippen LogP contribution in [0.4, 0.5) is 0 Å². The Morgan fingerprint density at radius 2 is 1.72 bits per heavy atom. The fourth-order valence-corrected chi connectivity index (χ4v) is 6.57. The van der Waals surface area contributed by atoms with Gasteiger partial charge in [0.2, 0.25) is 0 Å². The molecule has 4 bridgehead atoms. The van der Waals surface area contributed by atoms with Crippen LogP contribution in [0, 0.1) is 17.8 Å². The molecule has 29 heavy (non-hydrogen) atoms. The lowest BCUT2D eigenvalue weighted by atomic mass is 9.53. The minimum Gasteiger partial charge on any atom is -0.481 e. The van der Waals surface area contributed by atoms with Gasteiger partial charge in [-0.05, 0) is 75.2 Å². The fourth-order valence-electron chi connectivity index (χ4n) is 6.57. The van der Waals surface area contributed by atoms with E-state index in [4.69, 9.17) is 5.11 Å². The number of para-hydroxylation sites is 1. The Kier molecular flexibility index (Phi) is 4.60. The van der Waals surface area contributed by atoms with Gasteiger partial charge in [0.1, 0.15) is 0 Å². The number of benzene rings is 1. The lowest BCUT2D eigenvalue weighted by Crippen LogP contribution is -2.59. The van der Waals surface area contributed by atoms with Gasteiger partial charge in [-0.15, -0.1) is 0 Å². The highest BCUT2D eigenvalue weighted by atomic mass is 16.4. The zero-order valence-corrected chi connectivity index (χ0v) is 16.8. The summed E-state index contributed by atoms with van der Waals surface area (Å²) in [5, 5.41) is 17.8. The molecule has 0 spiro atoms. The zero-order valence-electron chi connectivity index (χ0n) is 16.8. The Morgan fingerprint density at radius 1 is 1.07 bits per heavy atom. The lowest BCUT2D eigenvalue weighted by Gasteiger charge is -2.56. The van der Waals surface area contributed by atoms with Gasteiger partial charge in [0.15, 0.2) is 5.69 Å².